The second kappa shape index (κ2) is 8.57. The Morgan fingerprint density at radius 3 is 2.48 bits per heavy atom. The summed E-state index contributed by atoms with van der Waals surface area (Å²) in [5, 5.41) is 12.6. The topological polar surface area (TPSA) is 80.2 Å². The van der Waals surface area contributed by atoms with E-state index in [-0.39, 0.29) is 11.8 Å². The Morgan fingerprint density at radius 1 is 1.14 bits per heavy atom. The molecule has 29 heavy (non-hydrogen) atoms. The number of ether oxygens (including phenoxy) is 1. The predicted octanol–water partition coefficient (Wildman–Crippen LogP) is 3.77. The third kappa shape index (κ3) is 4.54. The van der Waals surface area contributed by atoms with Crippen LogP contribution in [0.4, 0.5) is 10.8 Å². The van der Waals surface area contributed by atoms with Gasteiger partial charge in [0.15, 0.2) is 5.82 Å². The average molecular weight is 410 g/mol. The molecule has 3 aromatic rings. The SMILES string of the molecule is COc1ccc(-c2ccc(N3CCC(C(=O)Nc4cc(C)ns4)CC3)nn2)cc1. The molecule has 1 aromatic carbocycles. The summed E-state index contributed by atoms with van der Waals surface area (Å²) in [7, 11) is 1.65. The zero-order chi connectivity index (χ0) is 20.2. The van der Waals surface area contributed by atoms with Crippen LogP contribution >= 0.6 is 11.5 Å². The molecule has 0 radical (unpaired) electrons. The summed E-state index contributed by atoms with van der Waals surface area (Å²) in [4.78, 5) is 14.7. The Labute approximate surface area is 173 Å². The lowest BCUT2D eigenvalue weighted by Gasteiger charge is -2.31. The van der Waals surface area contributed by atoms with E-state index in [0.29, 0.717) is 0 Å². The fourth-order valence-electron chi connectivity index (χ4n) is 3.43. The molecule has 0 spiro atoms. The highest BCUT2D eigenvalue weighted by Crippen LogP contribution is 2.26. The van der Waals surface area contributed by atoms with Gasteiger partial charge in [-0.15, -0.1) is 10.2 Å². The van der Waals surface area contributed by atoms with E-state index in [1.807, 2.05) is 49.4 Å². The van der Waals surface area contributed by atoms with E-state index in [4.69, 9.17) is 4.74 Å². The molecule has 1 aliphatic heterocycles. The fraction of sp³-hybridized carbons (Fsp3) is 0.333. The predicted molar refractivity (Wildman–Crippen MR) is 114 cm³/mol. The molecule has 1 fully saturated rings. The van der Waals surface area contributed by atoms with Gasteiger partial charge in [0.2, 0.25) is 5.91 Å². The average Bonchev–Trinajstić information content (AvgIpc) is 3.18. The Morgan fingerprint density at radius 2 is 1.90 bits per heavy atom. The van der Waals surface area contributed by atoms with Gasteiger partial charge < -0.3 is 15.0 Å². The maximum atomic E-state index is 12.5. The fourth-order valence-corrected chi connectivity index (χ4v) is 4.09. The van der Waals surface area contributed by atoms with Crippen LogP contribution in [-0.4, -0.2) is 40.7 Å². The lowest BCUT2D eigenvalue weighted by molar-refractivity contribution is -0.120. The first-order valence-corrected chi connectivity index (χ1v) is 10.4. The number of benzene rings is 1. The van der Waals surface area contributed by atoms with Crippen LogP contribution in [0, 0.1) is 12.8 Å². The van der Waals surface area contributed by atoms with Crippen molar-refractivity contribution in [2.75, 3.05) is 30.4 Å². The number of aryl methyl sites for hydroxylation is 1. The number of nitrogens with one attached hydrogen (secondary N) is 1. The van der Waals surface area contributed by atoms with Crippen molar-refractivity contribution in [1.29, 1.82) is 0 Å². The van der Waals surface area contributed by atoms with Gasteiger partial charge in [0, 0.05) is 24.6 Å². The number of hydrogen-bond donors (Lipinski definition) is 1. The van der Waals surface area contributed by atoms with E-state index in [9.17, 15) is 4.79 Å². The van der Waals surface area contributed by atoms with Crippen molar-refractivity contribution < 1.29 is 9.53 Å². The van der Waals surface area contributed by atoms with Gasteiger partial charge in [0.25, 0.3) is 0 Å². The first-order valence-electron chi connectivity index (χ1n) is 9.59. The Balaban J connectivity index is 1.34. The molecule has 4 rings (SSSR count). The summed E-state index contributed by atoms with van der Waals surface area (Å²) in [5.74, 6) is 1.75. The van der Waals surface area contributed by atoms with Crippen LogP contribution in [0.2, 0.25) is 0 Å². The van der Waals surface area contributed by atoms with E-state index in [2.05, 4.69) is 24.8 Å². The van der Waals surface area contributed by atoms with Crippen molar-refractivity contribution in [3.05, 3.63) is 48.2 Å². The molecule has 0 atom stereocenters. The Hall–Kier alpha value is -3.00. The van der Waals surface area contributed by atoms with Crippen LogP contribution < -0.4 is 15.0 Å². The summed E-state index contributed by atoms with van der Waals surface area (Å²) in [6.45, 7) is 3.50. The molecule has 1 N–H and O–H groups in total. The number of amides is 1. The highest BCUT2D eigenvalue weighted by Gasteiger charge is 2.26. The molecule has 1 saturated heterocycles. The maximum absolute atomic E-state index is 12.5. The number of piperidine rings is 1. The molecule has 7 nitrogen and oxygen atoms in total. The standard InChI is InChI=1S/C21H23N5O2S/c1-14-13-20(29-25-14)22-21(27)16-9-11-26(12-10-16)19-8-7-18(23-24-19)15-3-5-17(28-2)6-4-15/h3-8,13,16H,9-12H2,1-2H3,(H,22,27). The lowest BCUT2D eigenvalue weighted by Crippen LogP contribution is -2.38. The molecule has 0 aliphatic carbocycles. The first kappa shape index (κ1) is 19.3. The summed E-state index contributed by atoms with van der Waals surface area (Å²) in [6.07, 6.45) is 1.59. The number of aromatic nitrogens is 3. The van der Waals surface area contributed by atoms with E-state index < -0.39 is 0 Å². The molecule has 2 aromatic heterocycles. The maximum Gasteiger partial charge on any atom is 0.228 e. The molecule has 0 unspecified atom stereocenters. The zero-order valence-electron chi connectivity index (χ0n) is 16.5. The largest absolute Gasteiger partial charge is 0.497 e. The third-order valence-electron chi connectivity index (χ3n) is 5.10. The van der Waals surface area contributed by atoms with E-state index >= 15 is 0 Å². The van der Waals surface area contributed by atoms with Crippen molar-refractivity contribution in [2.45, 2.75) is 19.8 Å². The summed E-state index contributed by atoms with van der Waals surface area (Å²) < 4.78 is 9.39. The molecule has 1 amide bonds. The monoisotopic (exact) mass is 409 g/mol. The number of hydrogen-bond acceptors (Lipinski definition) is 7. The number of anilines is 2. The molecular formula is C21H23N5O2S. The summed E-state index contributed by atoms with van der Waals surface area (Å²) >= 11 is 1.32. The molecule has 3 heterocycles. The molecular weight excluding hydrogens is 386 g/mol. The second-order valence-corrected chi connectivity index (χ2v) is 7.89. The summed E-state index contributed by atoms with van der Waals surface area (Å²) in [6, 6.07) is 13.6. The Bertz CT molecular complexity index is 963. The minimum Gasteiger partial charge on any atom is -0.497 e. The van der Waals surface area contributed by atoms with Crippen molar-refractivity contribution in [2.24, 2.45) is 5.92 Å². The van der Waals surface area contributed by atoms with E-state index in [1.165, 1.54) is 11.5 Å². The number of carbonyl (C=O) groups excluding carboxylic acids is 1. The van der Waals surface area contributed by atoms with Gasteiger partial charge in [-0.1, -0.05) is 0 Å². The van der Waals surface area contributed by atoms with Crippen molar-refractivity contribution >= 4 is 28.3 Å². The molecule has 150 valence electrons. The first-order chi connectivity index (χ1) is 14.1. The van der Waals surface area contributed by atoms with Gasteiger partial charge in [0.05, 0.1) is 18.5 Å². The smallest absolute Gasteiger partial charge is 0.228 e. The molecule has 1 aliphatic rings. The van der Waals surface area contributed by atoms with Crippen molar-refractivity contribution in [1.82, 2.24) is 14.6 Å². The summed E-state index contributed by atoms with van der Waals surface area (Å²) in [5.41, 5.74) is 2.75. The van der Waals surface area contributed by atoms with Gasteiger partial charge in [-0.05, 0) is 73.8 Å². The number of rotatable bonds is 5. The molecule has 0 saturated carbocycles. The number of methoxy groups -OCH3 is 1. The van der Waals surface area contributed by atoms with Gasteiger partial charge in [0.1, 0.15) is 10.8 Å². The van der Waals surface area contributed by atoms with Gasteiger partial charge in [-0.3, -0.25) is 4.79 Å². The highest BCUT2D eigenvalue weighted by atomic mass is 32.1. The molecule has 8 heteroatoms. The molecule has 0 bridgehead atoms. The van der Waals surface area contributed by atoms with E-state index in [0.717, 1.165) is 59.5 Å². The van der Waals surface area contributed by atoms with Crippen LogP contribution in [-0.2, 0) is 4.79 Å². The number of nitrogens with zero attached hydrogens (tertiary/aromatic N) is 4. The van der Waals surface area contributed by atoms with Gasteiger partial charge in [-0.2, -0.15) is 4.37 Å². The number of carbonyl (C=O) groups is 1. The highest BCUT2D eigenvalue weighted by molar-refractivity contribution is 7.10. The van der Waals surface area contributed by atoms with Gasteiger partial charge in [-0.25, -0.2) is 0 Å². The third-order valence-corrected chi connectivity index (χ3v) is 5.90. The van der Waals surface area contributed by atoms with Crippen molar-refractivity contribution in [3.63, 3.8) is 0 Å². The quantitative estimate of drug-likeness (QED) is 0.691. The van der Waals surface area contributed by atoms with Crippen LogP contribution in [0.3, 0.4) is 0 Å². The van der Waals surface area contributed by atoms with Gasteiger partial charge >= 0.3 is 0 Å². The van der Waals surface area contributed by atoms with Crippen LogP contribution in [0.5, 0.6) is 5.75 Å². The Kier molecular flexibility index (Phi) is 5.71. The lowest BCUT2D eigenvalue weighted by atomic mass is 9.96. The van der Waals surface area contributed by atoms with Crippen LogP contribution in [0.15, 0.2) is 42.5 Å². The van der Waals surface area contributed by atoms with Crippen LogP contribution in [0.1, 0.15) is 18.5 Å². The van der Waals surface area contributed by atoms with Crippen molar-refractivity contribution in [3.8, 4) is 17.0 Å². The van der Waals surface area contributed by atoms with E-state index in [1.54, 1.807) is 7.11 Å². The van der Waals surface area contributed by atoms with Crippen LogP contribution in [0.25, 0.3) is 11.3 Å². The zero-order valence-corrected chi connectivity index (χ0v) is 17.3. The second-order valence-electron chi connectivity index (χ2n) is 7.09. The normalized spacial score (nSPS) is 14.6. The minimum atomic E-state index is 0.0141. The minimum absolute atomic E-state index is 0.0141.